The Morgan fingerprint density at radius 2 is 2.12 bits per heavy atom. The molecule has 2 unspecified atom stereocenters. The van der Waals surface area contributed by atoms with Crippen molar-refractivity contribution in [2.75, 3.05) is 27.2 Å². The van der Waals surface area contributed by atoms with E-state index in [0.29, 0.717) is 10.0 Å². The maximum atomic E-state index is 12.6. The molecular weight excluding hydrogens is 389 g/mol. The third-order valence-corrected chi connectivity index (χ3v) is 6.57. The molecule has 1 aromatic carbocycles. The summed E-state index contributed by atoms with van der Waals surface area (Å²) in [5, 5.41) is 8.10. The van der Waals surface area contributed by atoms with Crippen LogP contribution in [0.4, 0.5) is 4.79 Å². The van der Waals surface area contributed by atoms with Gasteiger partial charge in [-0.25, -0.2) is 4.79 Å². The Morgan fingerprint density at radius 1 is 1.35 bits per heavy atom. The Hall–Kier alpha value is -1.27. The molecule has 7 heteroatoms. The predicted molar refractivity (Wildman–Crippen MR) is 110 cm³/mol. The van der Waals surface area contributed by atoms with Gasteiger partial charge in [-0.15, -0.1) is 0 Å². The fourth-order valence-corrected chi connectivity index (χ4v) is 4.56. The van der Waals surface area contributed by atoms with Crippen LogP contribution in [0.1, 0.15) is 24.9 Å². The third-order valence-electron chi connectivity index (χ3n) is 4.99. The molecule has 0 saturated carbocycles. The molecule has 1 aromatic heterocycles. The number of hydrogen-bond acceptors (Lipinski definition) is 3. The minimum absolute atomic E-state index is 0.0908. The molecule has 140 valence electrons. The zero-order valence-corrected chi connectivity index (χ0v) is 17.5. The average Bonchev–Trinajstić information content (AvgIpc) is 3.28. The number of carbonyl (C=O) groups is 1. The number of likely N-dealkylation sites (N-methyl/N-ethyl adjacent to an activating group) is 2. The van der Waals surface area contributed by atoms with Crippen molar-refractivity contribution in [1.29, 1.82) is 0 Å². The van der Waals surface area contributed by atoms with Gasteiger partial charge in [0, 0.05) is 25.2 Å². The SMILES string of the molecule is CC(NC(=O)N(C)C1CCN(C)C1)c1ccc(-c2ccsc2)c(Cl)c1Cl. The minimum atomic E-state index is -0.231. The lowest BCUT2D eigenvalue weighted by molar-refractivity contribution is 0.187. The van der Waals surface area contributed by atoms with E-state index in [0.717, 1.165) is 36.2 Å². The second-order valence-electron chi connectivity index (χ2n) is 6.83. The van der Waals surface area contributed by atoms with Gasteiger partial charge in [0.15, 0.2) is 0 Å². The molecule has 0 spiro atoms. The monoisotopic (exact) mass is 411 g/mol. The van der Waals surface area contributed by atoms with E-state index >= 15 is 0 Å². The van der Waals surface area contributed by atoms with Gasteiger partial charge in [-0.2, -0.15) is 11.3 Å². The van der Waals surface area contributed by atoms with Gasteiger partial charge < -0.3 is 15.1 Å². The van der Waals surface area contributed by atoms with Crippen molar-refractivity contribution in [2.24, 2.45) is 0 Å². The van der Waals surface area contributed by atoms with Crippen molar-refractivity contribution in [3.05, 3.63) is 44.6 Å². The Morgan fingerprint density at radius 3 is 2.73 bits per heavy atom. The van der Waals surface area contributed by atoms with E-state index in [1.54, 1.807) is 16.2 Å². The minimum Gasteiger partial charge on any atom is -0.331 e. The van der Waals surface area contributed by atoms with E-state index in [-0.39, 0.29) is 18.1 Å². The van der Waals surface area contributed by atoms with Gasteiger partial charge >= 0.3 is 6.03 Å². The molecule has 2 amide bonds. The zero-order valence-electron chi connectivity index (χ0n) is 15.1. The lowest BCUT2D eigenvalue weighted by Crippen LogP contribution is -2.45. The van der Waals surface area contributed by atoms with E-state index in [2.05, 4.69) is 17.3 Å². The molecule has 1 N–H and O–H groups in total. The summed E-state index contributed by atoms with van der Waals surface area (Å²) in [6.45, 7) is 3.85. The number of nitrogens with one attached hydrogen (secondary N) is 1. The van der Waals surface area contributed by atoms with Crippen LogP contribution in [-0.2, 0) is 0 Å². The standard InChI is InChI=1S/C19H23Cl2N3OS/c1-12(22-19(25)24(3)14-6-8-23(2)10-14)15-4-5-16(18(21)17(15)20)13-7-9-26-11-13/h4-5,7,9,11-12,14H,6,8,10H2,1-3H3,(H,22,25). The lowest BCUT2D eigenvalue weighted by atomic mass is 10.0. The largest absolute Gasteiger partial charge is 0.331 e. The summed E-state index contributed by atoms with van der Waals surface area (Å²) in [6, 6.07) is 5.84. The highest BCUT2D eigenvalue weighted by atomic mass is 35.5. The van der Waals surface area contributed by atoms with Gasteiger partial charge in [0.2, 0.25) is 0 Å². The van der Waals surface area contributed by atoms with Crippen LogP contribution in [0.5, 0.6) is 0 Å². The molecule has 2 aromatic rings. The molecule has 0 radical (unpaired) electrons. The number of rotatable bonds is 4. The molecule has 0 aliphatic carbocycles. The first-order valence-electron chi connectivity index (χ1n) is 8.60. The maximum Gasteiger partial charge on any atom is 0.317 e. The molecule has 1 saturated heterocycles. The predicted octanol–water partition coefficient (Wildman–Crippen LogP) is 5.13. The summed E-state index contributed by atoms with van der Waals surface area (Å²) in [5.41, 5.74) is 2.78. The first-order valence-corrected chi connectivity index (χ1v) is 10.3. The van der Waals surface area contributed by atoms with Gasteiger partial charge in [0.25, 0.3) is 0 Å². The highest BCUT2D eigenvalue weighted by Gasteiger charge is 2.27. The number of hydrogen-bond donors (Lipinski definition) is 1. The number of carbonyl (C=O) groups excluding carboxylic acids is 1. The number of thiophene rings is 1. The van der Waals surface area contributed by atoms with E-state index < -0.39 is 0 Å². The van der Waals surface area contributed by atoms with Crippen LogP contribution < -0.4 is 5.32 Å². The van der Waals surface area contributed by atoms with Gasteiger partial charge in [0.1, 0.15) is 0 Å². The van der Waals surface area contributed by atoms with E-state index in [1.165, 1.54) is 0 Å². The zero-order chi connectivity index (χ0) is 18.8. The van der Waals surface area contributed by atoms with Gasteiger partial charge in [-0.3, -0.25) is 0 Å². The van der Waals surface area contributed by atoms with Gasteiger partial charge in [-0.1, -0.05) is 35.3 Å². The maximum absolute atomic E-state index is 12.6. The van der Waals surface area contributed by atoms with Crippen LogP contribution in [0.2, 0.25) is 10.0 Å². The molecule has 0 bridgehead atoms. The fourth-order valence-electron chi connectivity index (χ4n) is 3.30. The van der Waals surface area contributed by atoms with Crippen LogP contribution >= 0.6 is 34.5 Å². The van der Waals surface area contributed by atoms with Crippen molar-refractivity contribution >= 4 is 40.6 Å². The van der Waals surface area contributed by atoms with Crippen molar-refractivity contribution in [2.45, 2.75) is 25.4 Å². The third kappa shape index (κ3) is 4.01. The molecule has 1 fully saturated rings. The van der Waals surface area contributed by atoms with Crippen molar-refractivity contribution in [3.63, 3.8) is 0 Å². The van der Waals surface area contributed by atoms with Crippen molar-refractivity contribution < 1.29 is 4.79 Å². The number of benzene rings is 1. The fraction of sp³-hybridized carbons (Fsp3) is 0.421. The normalized spacial score (nSPS) is 18.7. The summed E-state index contributed by atoms with van der Waals surface area (Å²) >= 11 is 14.6. The molecule has 2 heterocycles. The molecule has 1 aliphatic rings. The topological polar surface area (TPSA) is 35.6 Å². The van der Waals surface area contributed by atoms with Gasteiger partial charge in [0.05, 0.1) is 16.1 Å². The molecular formula is C19H23Cl2N3OS. The number of halogens is 2. The number of amides is 2. The Kier molecular flexibility index (Phi) is 6.13. The number of urea groups is 1. The Labute approximate surface area is 168 Å². The van der Waals surface area contributed by atoms with E-state index in [1.807, 2.05) is 42.9 Å². The Balaban J connectivity index is 1.72. The second-order valence-corrected chi connectivity index (χ2v) is 8.37. The number of nitrogens with zero attached hydrogens (tertiary/aromatic N) is 2. The lowest BCUT2D eigenvalue weighted by Gasteiger charge is -2.27. The summed E-state index contributed by atoms with van der Waals surface area (Å²) in [7, 11) is 3.92. The highest BCUT2D eigenvalue weighted by molar-refractivity contribution is 7.08. The first kappa shape index (κ1) is 19.5. The molecule has 3 rings (SSSR count). The van der Waals surface area contributed by atoms with Crippen LogP contribution in [0.25, 0.3) is 11.1 Å². The molecule has 1 aliphatic heterocycles. The van der Waals surface area contributed by atoms with Crippen LogP contribution in [0.15, 0.2) is 29.0 Å². The average molecular weight is 412 g/mol. The van der Waals surface area contributed by atoms with Gasteiger partial charge in [-0.05, 0) is 54.9 Å². The highest BCUT2D eigenvalue weighted by Crippen LogP contribution is 2.38. The summed E-state index contributed by atoms with van der Waals surface area (Å²) < 4.78 is 0. The first-order chi connectivity index (χ1) is 12.4. The van der Waals surface area contributed by atoms with Crippen molar-refractivity contribution in [3.8, 4) is 11.1 Å². The summed E-state index contributed by atoms with van der Waals surface area (Å²) in [5.74, 6) is 0. The summed E-state index contributed by atoms with van der Waals surface area (Å²) in [4.78, 5) is 16.6. The summed E-state index contributed by atoms with van der Waals surface area (Å²) in [6.07, 6.45) is 0.997. The quantitative estimate of drug-likeness (QED) is 0.756. The molecule has 4 nitrogen and oxygen atoms in total. The molecule has 26 heavy (non-hydrogen) atoms. The van der Waals surface area contributed by atoms with Crippen LogP contribution in [-0.4, -0.2) is 49.1 Å². The number of likely N-dealkylation sites (tertiary alicyclic amines) is 1. The Bertz CT molecular complexity index is 781. The molecule has 2 atom stereocenters. The van der Waals surface area contributed by atoms with Crippen LogP contribution in [0, 0.1) is 0 Å². The van der Waals surface area contributed by atoms with Crippen molar-refractivity contribution in [1.82, 2.24) is 15.1 Å². The van der Waals surface area contributed by atoms with E-state index in [4.69, 9.17) is 23.2 Å². The smallest absolute Gasteiger partial charge is 0.317 e. The van der Waals surface area contributed by atoms with Crippen LogP contribution in [0.3, 0.4) is 0 Å². The van der Waals surface area contributed by atoms with E-state index in [9.17, 15) is 4.79 Å². The second kappa shape index (κ2) is 8.17.